The second-order valence-electron chi connectivity index (χ2n) is 26.4. The zero-order chi connectivity index (χ0) is 58.0. The van der Waals surface area contributed by atoms with Gasteiger partial charge in [-0.05, 0) is 103 Å². The van der Waals surface area contributed by atoms with E-state index in [-0.39, 0.29) is 29.1 Å². The summed E-state index contributed by atoms with van der Waals surface area (Å²) in [5.74, 6) is -2.78. The molecule has 0 unspecified atom stereocenters. The van der Waals surface area contributed by atoms with Crippen LogP contribution in [0.4, 0.5) is 0 Å². The Hall–Kier alpha value is -2.16. The summed E-state index contributed by atoms with van der Waals surface area (Å²) in [4.78, 5) is 27.7. The number of allylic oxidation sites excluding steroid dienone is 2. The highest BCUT2D eigenvalue weighted by atomic mass is 16.8. The van der Waals surface area contributed by atoms with Crippen LogP contribution in [0.1, 0.15) is 106 Å². The molecule has 4 aliphatic heterocycles. The molecule has 25 heteroatoms. The van der Waals surface area contributed by atoms with Crippen molar-refractivity contribution in [3.8, 4) is 0 Å². The minimum Gasteiger partial charge on any atom is -0.479 e. The Bertz CT molecular complexity index is 2230. The number of aliphatic hydroxyl groups excluding tert-OH is 14. The average molecular weight is 1140 g/mol. The van der Waals surface area contributed by atoms with Crippen molar-refractivity contribution in [1.29, 1.82) is 0 Å². The molecule has 29 atom stereocenters. The van der Waals surface area contributed by atoms with E-state index in [1.165, 1.54) is 0 Å². The van der Waals surface area contributed by atoms with Crippen LogP contribution < -0.4 is 0 Å². The molecule has 0 aromatic carbocycles. The summed E-state index contributed by atoms with van der Waals surface area (Å²) < 4.78 is 48.1. The van der Waals surface area contributed by atoms with Crippen molar-refractivity contribution in [3.05, 3.63) is 11.6 Å². The predicted octanol–water partition coefficient (Wildman–Crippen LogP) is -2.97. The summed E-state index contributed by atoms with van der Waals surface area (Å²) in [5.41, 5.74) is -2.69. The lowest BCUT2D eigenvalue weighted by Crippen LogP contribution is -2.69. The molecular weight excluding hydrogens is 1050 g/mol. The van der Waals surface area contributed by atoms with Gasteiger partial charge in [0.2, 0.25) is 6.29 Å². The van der Waals surface area contributed by atoms with Crippen LogP contribution >= 0.6 is 0 Å². The van der Waals surface area contributed by atoms with Crippen LogP contribution in [0.25, 0.3) is 0 Å². The lowest BCUT2D eigenvalue weighted by Gasteiger charge is -2.71. The lowest BCUT2D eigenvalue weighted by atomic mass is 9.33. The molecule has 9 aliphatic rings. The first-order valence-electron chi connectivity index (χ1n) is 27.9. The number of hydrogen-bond donors (Lipinski definition) is 15. The number of fused-ring (bicyclic) bond motifs is 7. The maximum Gasteiger partial charge on any atom is 0.335 e. The van der Waals surface area contributed by atoms with E-state index >= 15 is 0 Å². The molecule has 0 bridgehead atoms. The largest absolute Gasteiger partial charge is 0.479 e. The normalized spacial score (nSPS) is 53.3. The number of carbonyl (C=O) groups is 2. The van der Waals surface area contributed by atoms with Gasteiger partial charge in [-0.25, -0.2) is 4.79 Å². The number of esters is 1. The van der Waals surface area contributed by atoms with Crippen molar-refractivity contribution in [2.24, 2.45) is 50.2 Å². The van der Waals surface area contributed by atoms with Crippen molar-refractivity contribution < 1.29 is 124 Å². The molecular formula is C54H86O25. The number of aliphatic hydroxyl groups is 14. The van der Waals surface area contributed by atoms with Gasteiger partial charge in [-0.2, -0.15) is 0 Å². The van der Waals surface area contributed by atoms with Gasteiger partial charge in [-0.3, -0.25) is 4.79 Å². The second-order valence-corrected chi connectivity index (χ2v) is 26.4. The zero-order valence-corrected chi connectivity index (χ0v) is 45.8. The Morgan fingerprint density at radius 2 is 1.08 bits per heavy atom. The number of ether oxygens (including phenoxy) is 8. The maximum absolute atomic E-state index is 14.8. The Kier molecular flexibility index (Phi) is 17.1. The summed E-state index contributed by atoms with van der Waals surface area (Å²) in [7, 11) is 0. The fourth-order valence-electron chi connectivity index (χ4n) is 16.5. The molecule has 0 aromatic heterocycles. The molecule has 4 saturated carbocycles. The molecule has 0 radical (unpaired) electrons. The minimum atomic E-state index is -2.17. The average Bonchev–Trinajstić information content (AvgIpc) is 3.58. The van der Waals surface area contributed by atoms with Gasteiger partial charge in [-0.1, -0.05) is 60.1 Å². The number of hydrogen-bond acceptors (Lipinski definition) is 24. The highest BCUT2D eigenvalue weighted by Crippen LogP contribution is 2.76. The summed E-state index contributed by atoms with van der Waals surface area (Å²) in [6, 6.07) is 0. The molecule has 0 spiro atoms. The molecule has 15 N–H and O–H groups in total. The van der Waals surface area contributed by atoms with Gasteiger partial charge < -0.3 is 114 Å². The van der Waals surface area contributed by atoms with E-state index in [2.05, 4.69) is 26.8 Å². The molecule has 4 saturated heterocycles. The van der Waals surface area contributed by atoms with E-state index in [9.17, 15) is 86.2 Å². The van der Waals surface area contributed by atoms with Gasteiger partial charge in [0.25, 0.3) is 0 Å². The van der Waals surface area contributed by atoms with E-state index in [1.54, 1.807) is 0 Å². The zero-order valence-electron chi connectivity index (χ0n) is 45.8. The highest BCUT2D eigenvalue weighted by molar-refractivity contribution is 5.79. The fourth-order valence-corrected chi connectivity index (χ4v) is 16.5. The minimum absolute atomic E-state index is 0.0641. The van der Waals surface area contributed by atoms with Crippen LogP contribution in [0.2, 0.25) is 0 Å². The molecule has 452 valence electrons. The van der Waals surface area contributed by atoms with Crippen LogP contribution in [-0.4, -0.2) is 243 Å². The van der Waals surface area contributed by atoms with Crippen molar-refractivity contribution in [1.82, 2.24) is 0 Å². The maximum atomic E-state index is 14.8. The Morgan fingerprint density at radius 1 is 0.557 bits per heavy atom. The quantitative estimate of drug-likeness (QED) is 0.0527. The van der Waals surface area contributed by atoms with Crippen molar-refractivity contribution >= 4 is 11.9 Å². The summed E-state index contributed by atoms with van der Waals surface area (Å²) >= 11 is 0. The molecule has 8 fully saturated rings. The summed E-state index contributed by atoms with van der Waals surface area (Å²) in [6.45, 7) is 12.5. The third-order valence-electron chi connectivity index (χ3n) is 21.6. The molecule has 0 aromatic rings. The number of carbonyl (C=O) groups excluding carboxylic acids is 1. The summed E-state index contributed by atoms with van der Waals surface area (Å²) in [6.07, 6.45) is -31.5. The molecule has 79 heavy (non-hydrogen) atoms. The topological polar surface area (TPSA) is 411 Å². The standard InChI is InChI=1S/C54H86O25/c1-49(2)16-22-21-8-9-27-51(5)12-11-29(50(3,4)26(51)10-13-53(27,7)52(21,6)14-15-54(22,17-28(49)58)48(71)79-46-38(67)35(64)32(61)25(20-57)74-46)75-47-42(78-45-37(66)34(63)31(60)24(19-56)73-45)40(39(68)41(77-47)43(69)70)76-44-36(65)33(62)30(59)23(18-55)72-44/h8,22-42,44-47,55-68H,9-20H2,1-7H3,(H,69,70)/t22-,23+,24+,25+,26+,27+,28-,29-,30-,31+,32+,33-,34-,35-,36+,37+,38+,39-,40-,41-,42+,44-,45-,46-,47+,51-,52+,53+,54+/m0/s1. The molecule has 9 rings (SSSR count). The number of carboxylic acid groups (broad SMARTS) is 1. The van der Waals surface area contributed by atoms with E-state index in [1.807, 2.05) is 27.7 Å². The molecule has 5 aliphatic carbocycles. The Labute approximate surface area is 457 Å². The SMILES string of the molecule is CC1(C)C[C@H]2C3=CC[C@@H]4[C@@]5(C)CC[C@H](O[C@@H]6O[C@H](C(=O)O)[C@@H](O)[C@H](O[C@@H]7O[C@H](CO)[C@H](O)[C@H](O)[C@H]7O)[C@H]6O[C@@H]6O[C@H](CO)[C@@H](O)[C@H](O)[C@H]6O)C(C)(C)[C@H]5CC[C@@]4(C)[C@]3(C)CC[C@@]2(C(=O)O[C@@H]2O[C@H](CO)[C@@H](O)[C@H](O)[C@H]2O)C[C@@H]1O. The van der Waals surface area contributed by atoms with Gasteiger partial charge in [0.05, 0.1) is 37.4 Å². The van der Waals surface area contributed by atoms with Gasteiger partial charge in [0.15, 0.2) is 25.0 Å². The van der Waals surface area contributed by atoms with Crippen molar-refractivity contribution in [2.75, 3.05) is 19.8 Å². The summed E-state index contributed by atoms with van der Waals surface area (Å²) in [5, 5.41) is 161. The Balaban J connectivity index is 1.01. The Morgan fingerprint density at radius 3 is 1.61 bits per heavy atom. The third-order valence-corrected chi connectivity index (χ3v) is 21.6. The second kappa shape index (κ2) is 22.0. The lowest BCUT2D eigenvalue weighted by molar-refractivity contribution is -0.396. The van der Waals surface area contributed by atoms with E-state index < -0.39 is 194 Å². The van der Waals surface area contributed by atoms with E-state index in [4.69, 9.17) is 37.9 Å². The van der Waals surface area contributed by atoms with Gasteiger partial charge in [0, 0.05) is 0 Å². The monoisotopic (exact) mass is 1130 g/mol. The highest BCUT2D eigenvalue weighted by Gasteiger charge is 2.71. The molecule has 25 nitrogen and oxygen atoms in total. The van der Waals surface area contributed by atoms with Crippen LogP contribution in [0.5, 0.6) is 0 Å². The fraction of sp³-hybridized carbons (Fsp3) is 0.926. The van der Waals surface area contributed by atoms with Crippen molar-refractivity contribution in [2.45, 2.75) is 241 Å². The first-order chi connectivity index (χ1) is 36.9. The van der Waals surface area contributed by atoms with Crippen LogP contribution in [0.15, 0.2) is 11.6 Å². The first kappa shape index (κ1) is 61.4. The molecule has 0 amide bonds. The van der Waals surface area contributed by atoms with E-state index in [0.29, 0.717) is 44.9 Å². The number of carboxylic acids is 1. The van der Waals surface area contributed by atoms with Gasteiger partial charge in [0.1, 0.15) is 91.6 Å². The first-order valence-corrected chi connectivity index (χ1v) is 27.9. The van der Waals surface area contributed by atoms with Crippen molar-refractivity contribution in [3.63, 3.8) is 0 Å². The van der Waals surface area contributed by atoms with Crippen LogP contribution in [0, 0.1) is 50.2 Å². The van der Waals surface area contributed by atoms with E-state index in [0.717, 1.165) is 12.0 Å². The number of rotatable bonds is 12. The number of aliphatic carboxylic acids is 1. The third kappa shape index (κ3) is 9.85. The molecule has 4 heterocycles. The van der Waals surface area contributed by atoms with Gasteiger partial charge >= 0.3 is 11.9 Å². The van der Waals surface area contributed by atoms with Gasteiger partial charge in [-0.15, -0.1) is 0 Å². The van der Waals surface area contributed by atoms with Crippen LogP contribution in [-0.2, 0) is 47.5 Å². The predicted molar refractivity (Wildman–Crippen MR) is 265 cm³/mol. The van der Waals surface area contributed by atoms with Crippen LogP contribution in [0.3, 0.4) is 0 Å². The smallest absolute Gasteiger partial charge is 0.335 e.